The van der Waals surface area contributed by atoms with E-state index < -0.39 is 22.0 Å². The first-order valence-electron chi connectivity index (χ1n) is 8.78. The van der Waals surface area contributed by atoms with Crippen molar-refractivity contribution in [1.82, 2.24) is 4.72 Å². The number of rotatable bonds is 6. The molecule has 0 spiro atoms. The molecule has 6 heteroatoms. The predicted molar refractivity (Wildman–Crippen MR) is 103 cm³/mol. The molecule has 1 aliphatic rings. The van der Waals surface area contributed by atoms with Crippen LogP contribution in [0.25, 0.3) is 10.8 Å². The normalized spacial score (nSPS) is 14.4. The van der Waals surface area contributed by atoms with Gasteiger partial charge in [-0.1, -0.05) is 54.6 Å². The lowest BCUT2D eigenvalue weighted by Gasteiger charge is -2.16. The molecule has 138 valence electrons. The highest BCUT2D eigenvalue weighted by atomic mass is 32.2. The highest BCUT2D eigenvalue weighted by Crippen LogP contribution is 2.34. The molecule has 5 nitrogen and oxygen atoms in total. The first-order valence-corrected chi connectivity index (χ1v) is 10.3. The van der Waals surface area contributed by atoms with E-state index in [4.69, 9.17) is 0 Å². The molecule has 0 fully saturated rings. The van der Waals surface area contributed by atoms with Crippen LogP contribution in [0.15, 0.2) is 65.6 Å². The van der Waals surface area contributed by atoms with Crippen molar-refractivity contribution in [1.29, 1.82) is 0 Å². The molecule has 1 atom stereocenters. The van der Waals surface area contributed by atoms with Gasteiger partial charge < -0.3 is 5.11 Å². The van der Waals surface area contributed by atoms with Crippen LogP contribution in [-0.2, 0) is 34.1 Å². The van der Waals surface area contributed by atoms with Crippen LogP contribution in [0.2, 0.25) is 0 Å². The van der Waals surface area contributed by atoms with Gasteiger partial charge in [-0.05, 0) is 47.4 Å². The van der Waals surface area contributed by atoms with E-state index >= 15 is 0 Å². The number of carboxylic acids is 1. The lowest BCUT2D eigenvalue weighted by Crippen LogP contribution is -2.42. The Hall–Kier alpha value is -2.70. The molecule has 4 rings (SSSR count). The zero-order valence-electron chi connectivity index (χ0n) is 14.6. The second-order valence-electron chi connectivity index (χ2n) is 6.76. The molecule has 0 aliphatic heterocycles. The first-order chi connectivity index (χ1) is 13.0. The summed E-state index contributed by atoms with van der Waals surface area (Å²) < 4.78 is 28.4. The molecule has 3 aromatic rings. The van der Waals surface area contributed by atoms with Gasteiger partial charge in [0, 0.05) is 5.39 Å². The second kappa shape index (κ2) is 6.79. The summed E-state index contributed by atoms with van der Waals surface area (Å²) in [7, 11) is -3.99. The Morgan fingerprint density at radius 1 is 0.963 bits per heavy atom. The van der Waals surface area contributed by atoms with Gasteiger partial charge in [0.05, 0.1) is 4.90 Å². The van der Waals surface area contributed by atoms with E-state index in [1.54, 1.807) is 36.4 Å². The summed E-state index contributed by atoms with van der Waals surface area (Å²) in [6.07, 6.45) is 1.88. The van der Waals surface area contributed by atoms with E-state index in [-0.39, 0.29) is 11.3 Å². The molecule has 0 saturated carbocycles. The van der Waals surface area contributed by atoms with Crippen molar-refractivity contribution in [3.63, 3.8) is 0 Å². The number of hydrogen-bond donors (Lipinski definition) is 2. The monoisotopic (exact) mass is 381 g/mol. The van der Waals surface area contributed by atoms with Crippen molar-refractivity contribution in [2.45, 2.75) is 30.2 Å². The Labute approximate surface area is 157 Å². The summed E-state index contributed by atoms with van der Waals surface area (Å²) in [5.41, 5.74) is 3.03. The van der Waals surface area contributed by atoms with E-state index in [9.17, 15) is 18.3 Å². The molecule has 0 bridgehead atoms. The average molecular weight is 381 g/mol. The fourth-order valence-corrected chi connectivity index (χ4v) is 5.13. The Morgan fingerprint density at radius 2 is 1.67 bits per heavy atom. The Kier molecular flexibility index (Phi) is 4.45. The lowest BCUT2D eigenvalue weighted by atomic mass is 10.1. The van der Waals surface area contributed by atoms with Crippen LogP contribution in [-0.4, -0.2) is 25.5 Å². The summed E-state index contributed by atoms with van der Waals surface area (Å²) in [5.74, 6) is -1.20. The van der Waals surface area contributed by atoms with Crippen molar-refractivity contribution in [2.75, 3.05) is 0 Å². The van der Waals surface area contributed by atoms with Gasteiger partial charge in [-0.15, -0.1) is 0 Å². The standard InChI is InChI=1S/C21H19NO4S/c23-21(24)18(13-14-5-2-1-3-6-14)22-27(25,26)19-12-11-16-10-9-15-7-4-8-17(19)20(15)16/h1-8,11-12,18,22H,9-10,13H2,(H,23,24)/t18-/m1/s1. The van der Waals surface area contributed by atoms with Crippen molar-refractivity contribution >= 4 is 26.8 Å². The molecular formula is C21H19NO4S. The molecule has 0 unspecified atom stereocenters. The third kappa shape index (κ3) is 3.34. The quantitative estimate of drug-likeness (QED) is 0.688. The smallest absolute Gasteiger partial charge is 0.322 e. The van der Waals surface area contributed by atoms with E-state index in [0.29, 0.717) is 5.39 Å². The van der Waals surface area contributed by atoms with Crippen molar-refractivity contribution in [3.05, 3.63) is 77.4 Å². The van der Waals surface area contributed by atoms with Gasteiger partial charge in [0.25, 0.3) is 0 Å². The maximum Gasteiger partial charge on any atom is 0.322 e. The topological polar surface area (TPSA) is 83.5 Å². The number of carboxylic acid groups (broad SMARTS) is 1. The number of benzene rings is 3. The minimum absolute atomic E-state index is 0.0800. The van der Waals surface area contributed by atoms with Crippen LogP contribution in [0.1, 0.15) is 16.7 Å². The highest BCUT2D eigenvalue weighted by molar-refractivity contribution is 7.89. The lowest BCUT2D eigenvalue weighted by molar-refractivity contribution is -0.138. The van der Waals surface area contributed by atoms with Crippen LogP contribution in [0.5, 0.6) is 0 Å². The van der Waals surface area contributed by atoms with Gasteiger partial charge in [0.2, 0.25) is 10.0 Å². The molecule has 0 radical (unpaired) electrons. The second-order valence-corrected chi connectivity index (χ2v) is 8.45. The summed E-state index contributed by atoms with van der Waals surface area (Å²) >= 11 is 0. The summed E-state index contributed by atoms with van der Waals surface area (Å²) in [5, 5.41) is 11.2. The van der Waals surface area contributed by atoms with E-state index in [0.717, 1.165) is 34.9 Å². The largest absolute Gasteiger partial charge is 0.480 e. The average Bonchev–Trinajstić information content (AvgIpc) is 3.07. The Morgan fingerprint density at radius 3 is 2.37 bits per heavy atom. The molecule has 0 heterocycles. The maximum atomic E-state index is 13.0. The van der Waals surface area contributed by atoms with Crippen LogP contribution in [0.3, 0.4) is 0 Å². The first kappa shape index (κ1) is 17.7. The van der Waals surface area contributed by atoms with Gasteiger partial charge >= 0.3 is 5.97 Å². The molecule has 0 amide bonds. The van der Waals surface area contributed by atoms with Crippen LogP contribution in [0.4, 0.5) is 0 Å². The predicted octanol–water partition coefficient (Wildman–Crippen LogP) is 2.91. The number of aryl methyl sites for hydroxylation is 2. The third-order valence-corrected chi connectivity index (χ3v) is 6.53. The molecule has 27 heavy (non-hydrogen) atoms. The van der Waals surface area contributed by atoms with Crippen molar-refractivity contribution < 1.29 is 18.3 Å². The van der Waals surface area contributed by atoms with Crippen LogP contribution >= 0.6 is 0 Å². The zero-order valence-corrected chi connectivity index (χ0v) is 15.4. The fraction of sp³-hybridized carbons (Fsp3) is 0.190. The number of carbonyl (C=O) groups is 1. The summed E-state index contributed by atoms with van der Waals surface area (Å²) in [6, 6.07) is 16.8. The number of sulfonamides is 1. The Bertz CT molecular complexity index is 1110. The molecule has 2 N–H and O–H groups in total. The molecule has 3 aromatic carbocycles. The van der Waals surface area contributed by atoms with Gasteiger partial charge in [-0.2, -0.15) is 4.72 Å². The van der Waals surface area contributed by atoms with E-state index in [1.807, 2.05) is 24.3 Å². The fourth-order valence-electron chi connectivity index (χ4n) is 3.73. The number of aliphatic carboxylic acids is 1. The maximum absolute atomic E-state index is 13.0. The number of nitrogens with one attached hydrogen (secondary N) is 1. The summed E-state index contributed by atoms with van der Waals surface area (Å²) in [6.45, 7) is 0. The summed E-state index contributed by atoms with van der Waals surface area (Å²) in [4.78, 5) is 11.8. The minimum Gasteiger partial charge on any atom is -0.480 e. The van der Waals surface area contributed by atoms with Gasteiger partial charge in [0.1, 0.15) is 6.04 Å². The molecule has 0 saturated heterocycles. The van der Waals surface area contributed by atoms with Gasteiger partial charge in [-0.3, -0.25) is 4.79 Å². The van der Waals surface area contributed by atoms with Gasteiger partial charge in [0.15, 0.2) is 0 Å². The molecule has 1 aliphatic carbocycles. The number of hydrogen-bond acceptors (Lipinski definition) is 3. The Balaban J connectivity index is 1.71. The minimum atomic E-state index is -3.99. The van der Waals surface area contributed by atoms with Crippen molar-refractivity contribution in [2.24, 2.45) is 0 Å². The van der Waals surface area contributed by atoms with Crippen LogP contribution < -0.4 is 4.72 Å². The zero-order chi connectivity index (χ0) is 19.0. The van der Waals surface area contributed by atoms with Crippen LogP contribution in [0, 0.1) is 0 Å². The third-order valence-electron chi connectivity index (χ3n) is 5.00. The molecule has 0 aromatic heterocycles. The van der Waals surface area contributed by atoms with Gasteiger partial charge in [-0.25, -0.2) is 8.42 Å². The van der Waals surface area contributed by atoms with E-state index in [1.165, 1.54) is 0 Å². The highest BCUT2D eigenvalue weighted by Gasteiger charge is 2.28. The van der Waals surface area contributed by atoms with E-state index in [2.05, 4.69) is 4.72 Å². The van der Waals surface area contributed by atoms with Crippen molar-refractivity contribution in [3.8, 4) is 0 Å². The SMILES string of the molecule is O=C(O)[C@@H](Cc1ccccc1)NS(=O)(=O)c1ccc2c3c(cccc13)CC2. The molecular weight excluding hydrogens is 362 g/mol.